The molecule has 0 rings (SSSR count). The van der Waals surface area contributed by atoms with E-state index in [0.717, 1.165) is 70.6 Å². The van der Waals surface area contributed by atoms with Crippen molar-refractivity contribution in [3.63, 3.8) is 0 Å². The summed E-state index contributed by atoms with van der Waals surface area (Å²) in [5, 5.41) is 14.0. The number of phosphoric acid groups is 1. The minimum Gasteiger partial charge on any atom is -0.756 e. The van der Waals surface area contributed by atoms with E-state index in [4.69, 9.17) is 9.05 Å². The number of nitrogens with zero attached hydrogens (tertiary/aromatic N) is 1. The highest BCUT2D eigenvalue weighted by Gasteiger charge is 2.23. The summed E-state index contributed by atoms with van der Waals surface area (Å²) in [4.78, 5) is 25.7. The van der Waals surface area contributed by atoms with Crippen LogP contribution in [0.3, 0.4) is 0 Å². The number of phosphoric ester groups is 1. The highest BCUT2D eigenvalue weighted by atomic mass is 31.2. The monoisotopic (exact) mass is 1250 g/mol. The number of nitrogens with one attached hydrogen (secondary N) is 1. The Morgan fingerprint density at radius 1 is 0.409 bits per heavy atom. The molecule has 0 bridgehead atoms. The first-order chi connectivity index (χ1) is 43.0. The van der Waals surface area contributed by atoms with E-state index in [2.05, 4.69) is 79.9 Å². The maximum atomic E-state index is 13.1. The fourth-order valence-electron chi connectivity index (χ4n) is 11.5. The van der Waals surface area contributed by atoms with Crippen molar-refractivity contribution in [1.82, 2.24) is 5.32 Å². The molecular weight excluding hydrogens is 1100 g/mol. The van der Waals surface area contributed by atoms with Gasteiger partial charge in [0.25, 0.3) is 7.82 Å². The maximum Gasteiger partial charge on any atom is 0.268 e. The molecule has 0 heterocycles. The van der Waals surface area contributed by atoms with Gasteiger partial charge in [-0.15, -0.1) is 0 Å². The predicted octanol–water partition coefficient (Wildman–Crippen LogP) is 24.3. The van der Waals surface area contributed by atoms with Gasteiger partial charge in [-0.3, -0.25) is 9.36 Å². The number of hydrogen-bond donors (Lipinski definition) is 2. The van der Waals surface area contributed by atoms with Crippen molar-refractivity contribution in [2.45, 2.75) is 386 Å². The molecule has 88 heavy (non-hydrogen) atoms. The van der Waals surface area contributed by atoms with Crippen LogP contribution in [0.5, 0.6) is 0 Å². The van der Waals surface area contributed by atoms with Crippen molar-refractivity contribution in [3.05, 3.63) is 72.9 Å². The predicted molar refractivity (Wildman–Crippen MR) is 385 cm³/mol. The molecule has 0 fully saturated rings. The second kappa shape index (κ2) is 69.3. The van der Waals surface area contributed by atoms with E-state index < -0.39 is 20.0 Å². The Labute approximate surface area is 548 Å². The van der Waals surface area contributed by atoms with Crippen molar-refractivity contribution in [2.24, 2.45) is 0 Å². The first-order valence-electron chi connectivity index (χ1n) is 38.3. The smallest absolute Gasteiger partial charge is 0.268 e. The lowest BCUT2D eigenvalue weighted by Crippen LogP contribution is -2.45. The number of hydrogen-bond acceptors (Lipinski definition) is 6. The van der Waals surface area contributed by atoms with Gasteiger partial charge in [-0.1, -0.05) is 376 Å². The van der Waals surface area contributed by atoms with Crippen LogP contribution in [-0.2, 0) is 18.4 Å². The van der Waals surface area contributed by atoms with E-state index in [1.165, 1.54) is 283 Å². The summed E-state index contributed by atoms with van der Waals surface area (Å²) in [6.45, 7) is 4.59. The summed E-state index contributed by atoms with van der Waals surface area (Å²) in [5.41, 5.74) is 0. The van der Waals surface area contributed by atoms with Crippen LogP contribution in [0.15, 0.2) is 72.9 Å². The number of quaternary nitrogens is 1. The Balaban J connectivity index is 3.99. The van der Waals surface area contributed by atoms with Crippen LogP contribution in [0.1, 0.15) is 373 Å². The molecule has 0 radical (unpaired) electrons. The van der Waals surface area contributed by atoms with Gasteiger partial charge >= 0.3 is 0 Å². The number of allylic oxidation sites excluding steroid dienone is 11. The molecule has 1 amide bonds. The van der Waals surface area contributed by atoms with Crippen LogP contribution in [0.2, 0.25) is 0 Å². The van der Waals surface area contributed by atoms with Gasteiger partial charge < -0.3 is 28.8 Å². The number of aliphatic hydroxyl groups excluding tert-OH is 1. The van der Waals surface area contributed by atoms with Gasteiger partial charge in [0.2, 0.25) is 5.91 Å². The second-order valence-corrected chi connectivity index (χ2v) is 28.7. The fraction of sp³-hybridized carbons (Fsp3) is 0.835. The standard InChI is InChI=1S/C79H149N2O6P/c1-6-8-10-12-14-16-18-20-22-24-26-28-30-32-34-36-38-39-40-41-43-45-47-49-51-53-55-57-59-61-63-65-67-69-71-73-79(83)80-77(76-87-88(84,85)86-75-74-81(3,4)5)78(82)72-70-68-66-64-62-60-58-56-54-52-50-48-46-44-42-37-35-33-31-29-27-25-23-21-19-17-15-13-11-9-7-2/h8,10,14,16,20,22,26,28,32,34,70,72,77-78,82H,6-7,9,11-13,15,17-19,21,23-25,27,29-31,33,35-69,71,73-76H2,1-5H3,(H-,80,83,84,85)/b10-8-,16-14-,22-20-,28-26-,34-32-,72-70+. The number of amides is 1. The maximum absolute atomic E-state index is 13.1. The lowest BCUT2D eigenvalue weighted by molar-refractivity contribution is -0.870. The SMILES string of the molecule is CC/C=C\C/C=C\C/C=C\C/C=C\C/C=C\CCCCCCCCCCCCCCCCCCCCCC(=O)NC(COP(=O)([O-])OCC[N+](C)(C)C)C(O)/C=C/CCCCCCCCCCCCCCCCCCCCCCCCCCCCCCC. The van der Waals surface area contributed by atoms with Crippen LogP contribution < -0.4 is 10.2 Å². The highest BCUT2D eigenvalue weighted by Crippen LogP contribution is 2.38. The zero-order chi connectivity index (χ0) is 64.1. The summed E-state index contributed by atoms with van der Waals surface area (Å²) in [6, 6.07) is -0.890. The average Bonchev–Trinajstić information content (AvgIpc) is 3.64. The first-order valence-corrected chi connectivity index (χ1v) is 39.8. The minimum absolute atomic E-state index is 0.000743. The normalized spacial score (nSPS) is 13.9. The van der Waals surface area contributed by atoms with Crippen LogP contribution in [0.4, 0.5) is 0 Å². The topological polar surface area (TPSA) is 108 Å². The molecule has 3 atom stereocenters. The molecular formula is C79H149N2O6P. The first kappa shape index (κ1) is 85.9. The van der Waals surface area contributed by atoms with Crippen LogP contribution >= 0.6 is 7.82 Å². The van der Waals surface area contributed by atoms with Gasteiger partial charge in [-0.2, -0.15) is 0 Å². The van der Waals surface area contributed by atoms with Crippen LogP contribution in [-0.4, -0.2) is 68.5 Å². The van der Waals surface area contributed by atoms with E-state index in [1.807, 2.05) is 27.2 Å². The van der Waals surface area contributed by atoms with Gasteiger partial charge in [0.15, 0.2) is 0 Å². The second-order valence-electron chi connectivity index (χ2n) is 27.3. The molecule has 0 aliphatic rings. The molecule has 0 saturated heterocycles. The number of unbranched alkanes of at least 4 members (excludes halogenated alkanes) is 48. The molecule has 0 aliphatic carbocycles. The van der Waals surface area contributed by atoms with Gasteiger partial charge in [0, 0.05) is 6.42 Å². The molecule has 0 aromatic carbocycles. The molecule has 8 nitrogen and oxygen atoms in total. The molecule has 0 saturated carbocycles. The van der Waals surface area contributed by atoms with Crippen LogP contribution in [0, 0.1) is 0 Å². The summed E-state index contributed by atoms with van der Waals surface area (Å²) >= 11 is 0. The van der Waals surface area contributed by atoms with E-state index in [0.29, 0.717) is 17.4 Å². The largest absolute Gasteiger partial charge is 0.756 e. The Bertz CT molecular complexity index is 1670. The zero-order valence-electron chi connectivity index (χ0n) is 59.2. The molecule has 0 aromatic heterocycles. The highest BCUT2D eigenvalue weighted by molar-refractivity contribution is 7.45. The number of rotatable bonds is 71. The average molecular weight is 1250 g/mol. The van der Waals surface area contributed by atoms with Gasteiger partial charge in [0.05, 0.1) is 39.9 Å². The van der Waals surface area contributed by atoms with E-state index in [-0.39, 0.29) is 19.1 Å². The Morgan fingerprint density at radius 2 is 0.693 bits per heavy atom. The summed E-state index contributed by atoms with van der Waals surface area (Å²) in [7, 11) is 1.27. The van der Waals surface area contributed by atoms with Crippen molar-refractivity contribution >= 4 is 13.7 Å². The summed E-state index contributed by atoms with van der Waals surface area (Å²) in [6.07, 6.45) is 97.6. The van der Waals surface area contributed by atoms with E-state index in [9.17, 15) is 19.4 Å². The van der Waals surface area contributed by atoms with Crippen LogP contribution in [0.25, 0.3) is 0 Å². The van der Waals surface area contributed by atoms with Crippen molar-refractivity contribution < 1.29 is 32.9 Å². The number of carbonyl (C=O) groups excluding carboxylic acids is 1. The third-order valence-corrected chi connectivity index (χ3v) is 18.4. The molecule has 0 spiro atoms. The lowest BCUT2D eigenvalue weighted by Gasteiger charge is -2.29. The van der Waals surface area contributed by atoms with E-state index in [1.54, 1.807) is 6.08 Å². The third-order valence-electron chi connectivity index (χ3n) is 17.4. The minimum atomic E-state index is -4.61. The Hall–Kier alpha value is -2.06. The molecule has 0 aromatic rings. The van der Waals surface area contributed by atoms with Gasteiger partial charge in [-0.25, -0.2) is 0 Å². The quantitative estimate of drug-likeness (QED) is 0.0272. The van der Waals surface area contributed by atoms with Gasteiger partial charge in [0.1, 0.15) is 13.2 Å². The van der Waals surface area contributed by atoms with Crippen molar-refractivity contribution in [1.29, 1.82) is 0 Å². The van der Waals surface area contributed by atoms with E-state index >= 15 is 0 Å². The molecule has 2 N–H and O–H groups in total. The van der Waals surface area contributed by atoms with Gasteiger partial charge in [-0.05, 0) is 64.2 Å². The molecule has 0 aliphatic heterocycles. The summed E-state index contributed by atoms with van der Waals surface area (Å²) < 4.78 is 23.5. The summed E-state index contributed by atoms with van der Waals surface area (Å²) in [5.74, 6) is -0.192. The van der Waals surface area contributed by atoms with Crippen molar-refractivity contribution in [3.8, 4) is 0 Å². The fourth-order valence-corrected chi connectivity index (χ4v) is 12.3. The third kappa shape index (κ3) is 71.4. The van der Waals surface area contributed by atoms with Crippen molar-refractivity contribution in [2.75, 3.05) is 40.9 Å². The number of aliphatic hydroxyl groups is 1. The Morgan fingerprint density at radius 3 is 1.01 bits per heavy atom. The Kier molecular flexibility index (Phi) is 67.7. The number of likely N-dealkylation sites (N-methyl/N-ethyl adjacent to an activating group) is 1. The molecule has 516 valence electrons. The zero-order valence-corrected chi connectivity index (χ0v) is 60.1. The number of carbonyl (C=O) groups is 1. The lowest BCUT2D eigenvalue weighted by atomic mass is 10.0. The molecule has 9 heteroatoms. The molecule has 3 unspecified atom stereocenters.